The first-order valence-electron chi connectivity index (χ1n) is 2.28. The first-order valence-corrected chi connectivity index (χ1v) is 2.28. The van der Waals surface area contributed by atoms with Gasteiger partial charge in [0.25, 0.3) is 6.01 Å². The van der Waals surface area contributed by atoms with E-state index in [9.17, 15) is 13.2 Å². The van der Waals surface area contributed by atoms with Crippen molar-refractivity contribution >= 4 is 6.01 Å². The van der Waals surface area contributed by atoms with Crippen molar-refractivity contribution < 1.29 is 17.6 Å². The number of nitrogens with two attached hydrogens (primary N) is 1. The number of aromatic nitrogens is 1. The summed E-state index contributed by atoms with van der Waals surface area (Å²) in [6.07, 6.45) is -3.96. The highest BCUT2D eigenvalue weighted by Gasteiger charge is 2.35. The second kappa shape index (κ2) is 1.89. The van der Waals surface area contributed by atoms with Crippen LogP contribution in [0.15, 0.2) is 10.6 Å². The molecular weight excluding hydrogens is 149 g/mol. The Morgan fingerprint density at radius 2 is 2.10 bits per heavy atom. The molecule has 0 unspecified atom stereocenters. The molecule has 1 rings (SSSR count). The van der Waals surface area contributed by atoms with Crippen LogP contribution in [0.5, 0.6) is 0 Å². The van der Waals surface area contributed by atoms with Gasteiger partial charge in [0.2, 0.25) is 5.76 Å². The van der Waals surface area contributed by atoms with Crippen LogP contribution in [-0.2, 0) is 6.18 Å². The summed E-state index contributed by atoms with van der Waals surface area (Å²) in [6, 6.07) is -0.479. The highest BCUT2D eigenvalue weighted by atomic mass is 19.4. The van der Waals surface area contributed by atoms with Gasteiger partial charge in [-0.05, 0) is 0 Å². The molecule has 3 nitrogen and oxygen atoms in total. The SMILES string of the molecule is Nc1ncc(C(F)(F)F)o1. The van der Waals surface area contributed by atoms with Crippen LogP contribution in [0.2, 0.25) is 0 Å². The number of nitrogen functional groups attached to an aromatic ring is 1. The predicted octanol–water partition coefficient (Wildman–Crippen LogP) is 1.28. The van der Waals surface area contributed by atoms with Crippen molar-refractivity contribution in [1.29, 1.82) is 0 Å². The molecule has 0 aliphatic heterocycles. The average Bonchev–Trinajstić information content (AvgIpc) is 2.11. The van der Waals surface area contributed by atoms with Crippen LogP contribution in [0.4, 0.5) is 19.2 Å². The quantitative estimate of drug-likeness (QED) is 0.609. The van der Waals surface area contributed by atoms with E-state index in [4.69, 9.17) is 5.73 Å². The fraction of sp³-hybridized carbons (Fsp3) is 0.250. The summed E-state index contributed by atoms with van der Waals surface area (Å²) >= 11 is 0. The Labute approximate surface area is 53.6 Å². The fourth-order valence-corrected chi connectivity index (χ4v) is 0.419. The molecule has 0 fully saturated rings. The Bertz CT molecular complexity index is 229. The molecule has 1 aromatic rings. The van der Waals surface area contributed by atoms with Crippen LogP contribution in [0.25, 0.3) is 0 Å². The third kappa shape index (κ3) is 1.20. The summed E-state index contributed by atoms with van der Waals surface area (Å²) in [6.45, 7) is 0. The Balaban J connectivity index is 2.96. The van der Waals surface area contributed by atoms with E-state index in [1.165, 1.54) is 0 Å². The number of anilines is 1. The second-order valence-corrected chi connectivity index (χ2v) is 1.56. The zero-order chi connectivity index (χ0) is 7.78. The average molecular weight is 152 g/mol. The minimum absolute atomic E-state index is 0.479. The van der Waals surface area contributed by atoms with E-state index < -0.39 is 18.0 Å². The van der Waals surface area contributed by atoms with E-state index in [-0.39, 0.29) is 0 Å². The molecule has 0 atom stereocenters. The number of nitrogens with zero attached hydrogens (tertiary/aromatic N) is 1. The highest BCUT2D eigenvalue weighted by molar-refractivity contribution is 5.12. The second-order valence-electron chi connectivity index (χ2n) is 1.56. The van der Waals surface area contributed by atoms with Gasteiger partial charge in [0, 0.05) is 0 Å². The lowest BCUT2D eigenvalue weighted by molar-refractivity contribution is -0.152. The van der Waals surface area contributed by atoms with Gasteiger partial charge in [-0.1, -0.05) is 0 Å². The maximum absolute atomic E-state index is 11.6. The lowest BCUT2D eigenvalue weighted by atomic mass is 10.5. The molecule has 6 heteroatoms. The normalized spacial score (nSPS) is 11.9. The van der Waals surface area contributed by atoms with E-state index in [0.29, 0.717) is 6.20 Å². The van der Waals surface area contributed by atoms with Crippen molar-refractivity contribution in [3.05, 3.63) is 12.0 Å². The monoisotopic (exact) mass is 152 g/mol. The molecule has 0 aliphatic carbocycles. The van der Waals surface area contributed by atoms with Crippen molar-refractivity contribution in [3.63, 3.8) is 0 Å². The zero-order valence-corrected chi connectivity index (χ0v) is 4.64. The minimum atomic E-state index is -4.50. The standard InChI is InChI=1S/C4H3F3N2O/c5-4(6,7)2-1-9-3(8)10-2/h1H,(H2,8,9). The van der Waals surface area contributed by atoms with E-state index in [2.05, 4.69) is 9.40 Å². The number of alkyl halides is 3. The fourth-order valence-electron chi connectivity index (χ4n) is 0.419. The Kier molecular flexibility index (Phi) is 1.31. The summed E-state index contributed by atoms with van der Waals surface area (Å²) in [4.78, 5) is 3.07. The van der Waals surface area contributed by atoms with Gasteiger partial charge in [0.1, 0.15) is 0 Å². The number of hydrogen-bond donors (Lipinski definition) is 1. The van der Waals surface area contributed by atoms with Crippen molar-refractivity contribution in [3.8, 4) is 0 Å². The number of halogens is 3. The topological polar surface area (TPSA) is 52.0 Å². The maximum Gasteiger partial charge on any atom is 0.451 e. The molecule has 2 N–H and O–H groups in total. The Morgan fingerprint density at radius 1 is 1.50 bits per heavy atom. The first-order chi connectivity index (χ1) is 4.50. The van der Waals surface area contributed by atoms with Crippen molar-refractivity contribution in [2.75, 3.05) is 5.73 Å². The summed E-state index contributed by atoms with van der Waals surface area (Å²) in [5.74, 6) is -1.18. The summed E-state index contributed by atoms with van der Waals surface area (Å²) in [7, 11) is 0. The molecule has 56 valence electrons. The van der Waals surface area contributed by atoms with Crippen molar-refractivity contribution in [1.82, 2.24) is 4.98 Å². The number of oxazole rings is 1. The Morgan fingerprint density at radius 3 is 2.30 bits per heavy atom. The molecule has 0 saturated carbocycles. The van der Waals surface area contributed by atoms with Crippen LogP contribution < -0.4 is 5.73 Å². The largest absolute Gasteiger partial charge is 0.451 e. The van der Waals surface area contributed by atoms with Gasteiger partial charge in [0.05, 0.1) is 6.20 Å². The molecule has 1 aromatic heterocycles. The molecule has 0 amide bonds. The maximum atomic E-state index is 11.6. The van der Waals surface area contributed by atoms with Gasteiger partial charge in [0.15, 0.2) is 0 Å². The lowest BCUT2D eigenvalue weighted by Crippen LogP contribution is -2.02. The van der Waals surface area contributed by atoms with Gasteiger partial charge < -0.3 is 10.2 Å². The molecule has 0 spiro atoms. The summed E-state index contributed by atoms with van der Waals surface area (Å²) < 4.78 is 38.8. The van der Waals surface area contributed by atoms with Gasteiger partial charge >= 0.3 is 6.18 Å². The molecule has 0 bridgehead atoms. The zero-order valence-electron chi connectivity index (χ0n) is 4.64. The van der Waals surface area contributed by atoms with Gasteiger partial charge in [-0.15, -0.1) is 0 Å². The molecular formula is C4H3F3N2O. The van der Waals surface area contributed by atoms with Crippen LogP contribution >= 0.6 is 0 Å². The third-order valence-corrected chi connectivity index (χ3v) is 0.803. The summed E-state index contributed by atoms with van der Waals surface area (Å²) in [5, 5.41) is 0. The van der Waals surface area contributed by atoms with Crippen LogP contribution in [0.1, 0.15) is 5.76 Å². The van der Waals surface area contributed by atoms with Crippen molar-refractivity contribution in [2.24, 2.45) is 0 Å². The van der Waals surface area contributed by atoms with Crippen LogP contribution in [0.3, 0.4) is 0 Å². The van der Waals surface area contributed by atoms with E-state index in [1.807, 2.05) is 0 Å². The van der Waals surface area contributed by atoms with E-state index >= 15 is 0 Å². The smallest absolute Gasteiger partial charge is 0.419 e. The molecule has 1 heterocycles. The third-order valence-electron chi connectivity index (χ3n) is 0.803. The molecule has 0 aromatic carbocycles. The van der Waals surface area contributed by atoms with Gasteiger partial charge in [-0.3, -0.25) is 0 Å². The molecule has 10 heavy (non-hydrogen) atoms. The van der Waals surface area contributed by atoms with Crippen LogP contribution in [-0.4, -0.2) is 4.98 Å². The van der Waals surface area contributed by atoms with Crippen molar-refractivity contribution in [2.45, 2.75) is 6.18 Å². The lowest BCUT2D eigenvalue weighted by Gasteiger charge is -1.97. The van der Waals surface area contributed by atoms with E-state index in [1.54, 1.807) is 0 Å². The van der Waals surface area contributed by atoms with Crippen LogP contribution in [0, 0.1) is 0 Å². The molecule has 0 radical (unpaired) electrons. The van der Waals surface area contributed by atoms with Gasteiger partial charge in [-0.2, -0.15) is 13.2 Å². The summed E-state index contributed by atoms with van der Waals surface area (Å²) in [5.41, 5.74) is 4.80. The molecule has 0 saturated heterocycles. The first kappa shape index (κ1) is 6.91. The predicted molar refractivity (Wildman–Crippen MR) is 25.9 cm³/mol. The minimum Gasteiger partial charge on any atom is -0.419 e. The highest BCUT2D eigenvalue weighted by Crippen LogP contribution is 2.29. The molecule has 0 aliphatic rings. The number of rotatable bonds is 0. The Hall–Kier alpha value is -1.20. The van der Waals surface area contributed by atoms with E-state index in [0.717, 1.165) is 0 Å². The van der Waals surface area contributed by atoms with Gasteiger partial charge in [-0.25, -0.2) is 4.98 Å². The number of hydrogen-bond acceptors (Lipinski definition) is 3.